The number of benzene rings is 1. The average Bonchev–Trinajstić information content (AvgIpc) is 3.09. The molecule has 2 heterocycles. The molecule has 1 aromatic carbocycles. The van der Waals surface area contributed by atoms with Gasteiger partial charge >= 0.3 is 0 Å². The van der Waals surface area contributed by atoms with Crippen LogP contribution in [0.2, 0.25) is 5.02 Å². The second-order valence-electron chi connectivity index (χ2n) is 6.38. The summed E-state index contributed by atoms with van der Waals surface area (Å²) in [6, 6.07) is 11.0. The van der Waals surface area contributed by atoms with Gasteiger partial charge in [0, 0.05) is 41.4 Å². The number of hydrogen-bond donors (Lipinski definition) is 1. The van der Waals surface area contributed by atoms with Crippen molar-refractivity contribution in [1.29, 1.82) is 0 Å². The molecule has 0 aliphatic carbocycles. The summed E-state index contributed by atoms with van der Waals surface area (Å²) in [5.41, 5.74) is 3.29. The molecule has 0 bridgehead atoms. The summed E-state index contributed by atoms with van der Waals surface area (Å²) in [6.45, 7) is 3.58. The van der Waals surface area contributed by atoms with Crippen LogP contribution in [-0.4, -0.2) is 27.0 Å². The largest absolute Gasteiger partial charge is 0.274 e. The number of pyridine rings is 1. The molecule has 144 valence electrons. The Hall–Kier alpha value is -2.99. The van der Waals surface area contributed by atoms with Gasteiger partial charge in [0.1, 0.15) is 5.82 Å². The van der Waals surface area contributed by atoms with Crippen molar-refractivity contribution in [3.8, 4) is 11.3 Å². The Balaban J connectivity index is 1.84. The third kappa shape index (κ3) is 4.28. The van der Waals surface area contributed by atoms with Crippen molar-refractivity contribution < 1.29 is 9.59 Å². The van der Waals surface area contributed by atoms with E-state index in [2.05, 4.69) is 15.2 Å². The van der Waals surface area contributed by atoms with Crippen molar-refractivity contribution in [3.05, 3.63) is 64.9 Å². The molecule has 1 N–H and O–H groups in total. The predicted molar refractivity (Wildman–Crippen MR) is 109 cm³/mol. The topological polar surface area (TPSA) is 79.0 Å². The first kappa shape index (κ1) is 19.8. The van der Waals surface area contributed by atoms with Gasteiger partial charge in [-0.2, -0.15) is 5.10 Å². The highest BCUT2D eigenvalue weighted by Gasteiger charge is 2.26. The van der Waals surface area contributed by atoms with Crippen molar-refractivity contribution in [2.75, 3.05) is 4.90 Å². The predicted octanol–water partition coefficient (Wildman–Crippen LogP) is 4.34. The smallest absolute Gasteiger partial charge is 0.235 e. The van der Waals surface area contributed by atoms with E-state index in [4.69, 9.17) is 11.6 Å². The maximum Gasteiger partial charge on any atom is 0.235 e. The van der Waals surface area contributed by atoms with Crippen molar-refractivity contribution >= 4 is 29.2 Å². The molecule has 0 spiro atoms. The number of anilines is 1. The van der Waals surface area contributed by atoms with Crippen molar-refractivity contribution in [2.45, 2.75) is 33.1 Å². The molecule has 3 aromatic rings. The molecule has 0 saturated carbocycles. The normalized spacial score (nSPS) is 10.7. The summed E-state index contributed by atoms with van der Waals surface area (Å²) in [4.78, 5) is 30.7. The van der Waals surface area contributed by atoms with Gasteiger partial charge < -0.3 is 0 Å². The zero-order chi connectivity index (χ0) is 20.1. The summed E-state index contributed by atoms with van der Waals surface area (Å²) < 4.78 is 0. The van der Waals surface area contributed by atoms with E-state index in [-0.39, 0.29) is 24.7 Å². The molecule has 0 aliphatic heterocycles. The van der Waals surface area contributed by atoms with Gasteiger partial charge in [0.05, 0.1) is 5.69 Å². The fourth-order valence-electron chi connectivity index (χ4n) is 2.96. The molecular weight excluding hydrogens is 376 g/mol. The van der Waals surface area contributed by atoms with Gasteiger partial charge in [-0.3, -0.25) is 19.7 Å². The van der Waals surface area contributed by atoms with Gasteiger partial charge in [0.25, 0.3) is 0 Å². The number of imide groups is 1. The van der Waals surface area contributed by atoms with Crippen LogP contribution in [0.5, 0.6) is 0 Å². The second-order valence-corrected chi connectivity index (χ2v) is 6.82. The van der Waals surface area contributed by atoms with E-state index in [1.165, 1.54) is 4.90 Å². The molecule has 28 heavy (non-hydrogen) atoms. The Labute approximate surface area is 168 Å². The lowest BCUT2D eigenvalue weighted by Crippen LogP contribution is -2.37. The van der Waals surface area contributed by atoms with Crippen LogP contribution in [0.1, 0.15) is 30.9 Å². The lowest BCUT2D eigenvalue weighted by Gasteiger charge is -2.19. The highest BCUT2D eigenvalue weighted by Crippen LogP contribution is 2.28. The summed E-state index contributed by atoms with van der Waals surface area (Å²) in [7, 11) is 0. The Kier molecular flexibility index (Phi) is 6.21. The quantitative estimate of drug-likeness (QED) is 0.672. The van der Waals surface area contributed by atoms with E-state index in [0.29, 0.717) is 23.0 Å². The molecule has 2 aromatic heterocycles. The minimum Gasteiger partial charge on any atom is -0.274 e. The highest BCUT2D eigenvalue weighted by atomic mass is 35.5. The van der Waals surface area contributed by atoms with Crippen LogP contribution in [0, 0.1) is 6.92 Å². The minimum absolute atomic E-state index is 0.205. The highest BCUT2D eigenvalue weighted by molar-refractivity contribution is 6.30. The average molecular weight is 397 g/mol. The third-order valence-corrected chi connectivity index (χ3v) is 4.76. The van der Waals surface area contributed by atoms with Gasteiger partial charge in [-0.25, -0.2) is 4.90 Å². The molecule has 0 saturated heterocycles. The van der Waals surface area contributed by atoms with Gasteiger partial charge in [0.15, 0.2) is 0 Å². The Bertz CT molecular complexity index is 968. The molecule has 3 rings (SSSR count). The lowest BCUT2D eigenvalue weighted by molar-refractivity contribution is -0.126. The minimum atomic E-state index is -0.269. The van der Waals surface area contributed by atoms with Crippen LogP contribution in [-0.2, 0) is 16.0 Å². The maximum absolute atomic E-state index is 12.9. The zero-order valence-corrected chi connectivity index (χ0v) is 16.5. The number of nitrogens with zero attached hydrogens (tertiary/aromatic N) is 3. The first-order chi connectivity index (χ1) is 13.5. The van der Waals surface area contributed by atoms with Gasteiger partial charge in [0.2, 0.25) is 11.8 Å². The second kappa shape index (κ2) is 8.80. The number of carbonyl (C=O) groups is 2. The van der Waals surface area contributed by atoms with E-state index < -0.39 is 0 Å². The lowest BCUT2D eigenvalue weighted by atomic mass is 10.1. The number of halogens is 1. The molecule has 0 aliphatic rings. The molecule has 0 fully saturated rings. The molecule has 6 nitrogen and oxygen atoms in total. The standard InChI is InChI=1S/C21H21ClN4O2/c1-3-18(27)26(19(28)9-6-15-4-7-17(22)8-5-15)21-14(2)20(24-25-21)16-10-12-23-13-11-16/h4-5,7-8,10-13H,3,6,9H2,1-2H3,(H,24,25). The van der Waals surface area contributed by atoms with Crippen molar-refractivity contribution in [2.24, 2.45) is 0 Å². The number of aryl methyl sites for hydroxylation is 1. The number of aromatic nitrogens is 3. The number of rotatable bonds is 6. The van der Waals surface area contributed by atoms with E-state index >= 15 is 0 Å². The number of nitrogens with one attached hydrogen (secondary N) is 1. The number of H-pyrrole nitrogens is 1. The maximum atomic E-state index is 12.9. The third-order valence-electron chi connectivity index (χ3n) is 4.50. The van der Waals surface area contributed by atoms with Crippen LogP contribution in [0.3, 0.4) is 0 Å². The zero-order valence-electron chi connectivity index (χ0n) is 15.8. The Morgan fingerprint density at radius 1 is 1.07 bits per heavy atom. The summed E-state index contributed by atoms with van der Waals surface area (Å²) in [5.74, 6) is -0.122. The Morgan fingerprint density at radius 2 is 1.75 bits per heavy atom. The molecule has 0 atom stereocenters. The number of aromatic amines is 1. The van der Waals surface area contributed by atoms with Gasteiger partial charge in [-0.15, -0.1) is 0 Å². The van der Waals surface area contributed by atoms with E-state index in [1.54, 1.807) is 31.5 Å². The number of carbonyl (C=O) groups excluding carboxylic acids is 2. The van der Waals surface area contributed by atoms with Crippen LogP contribution >= 0.6 is 11.6 Å². The van der Waals surface area contributed by atoms with Crippen LogP contribution in [0.15, 0.2) is 48.8 Å². The Morgan fingerprint density at radius 3 is 2.39 bits per heavy atom. The fourth-order valence-corrected chi connectivity index (χ4v) is 3.08. The molecule has 0 radical (unpaired) electrons. The van der Waals surface area contributed by atoms with E-state index in [9.17, 15) is 9.59 Å². The number of hydrogen-bond acceptors (Lipinski definition) is 4. The van der Waals surface area contributed by atoms with E-state index in [0.717, 1.165) is 16.7 Å². The van der Waals surface area contributed by atoms with Crippen LogP contribution in [0.4, 0.5) is 5.82 Å². The monoisotopic (exact) mass is 396 g/mol. The summed E-state index contributed by atoms with van der Waals surface area (Å²) >= 11 is 5.90. The first-order valence-corrected chi connectivity index (χ1v) is 9.44. The molecular formula is C21H21ClN4O2. The van der Waals surface area contributed by atoms with Crippen LogP contribution < -0.4 is 4.90 Å². The van der Waals surface area contributed by atoms with Crippen LogP contribution in [0.25, 0.3) is 11.3 Å². The van der Waals surface area contributed by atoms with E-state index in [1.807, 2.05) is 31.2 Å². The SMILES string of the molecule is CCC(=O)N(C(=O)CCc1ccc(Cl)cc1)c1[nH]nc(-c2ccncc2)c1C. The molecule has 0 unspecified atom stereocenters. The summed E-state index contributed by atoms with van der Waals surface area (Å²) in [6.07, 6.45) is 4.30. The van der Waals surface area contributed by atoms with Crippen molar-refractivity contribution in [1.82, 2.24) is 15.2 Å². The van der Waals surface area contributed by atoms with Crippen molar-refractivity contribution in [3.63, 3.8) is 0 Å². The van der Waals surface area contributed by atoms with Gasteiger partial charge in [-0.05, 0) is 43.2 Å². The molecule has 2 amide bonds. The molecule has 7 heteroatoms. The first-order valence-electron chi connectivity index (χ1n) is 9.06. The van der Waals surface area contributed by atoms with Gasteiger partial charge in [-0.1, -0.05) is 30.7 Å². The fraction of sp³-hybridized carbons (Fsp3) is 0.238. The number of amides is 2. The summed E-state index contributed by atoms with van der Waals surface area (Å²) in [5, 5.41) is 7.84.